The quantitative estimate of drug-likeness (QED) is 0.708. The van der Waals surface area contributed by atoms with Crippen LogP contribution >= 0.6 is 24.0 Å². The molecule has 1 heterocycles. The molecule has 80 valence electrons. The summed E-state index contributed by atoms with van der Waals surface area (Å²) in [6.07, 6.45) is 1.74. The molecule has 14 heavy (non-hydrogen) atoms. The molecular weight excluding hydrogens is 216 g/mol. The van der Waals surface area contributed by atoms with Gasteiger partial charge in [0.05, 0.1) is 10.9 Å². The monoisotopic (exact) mass is 232 g/mol. The predicted octanol–water partition coefficient (Wildman–Crippen LogP) is 0.920. The first-order valence-electron chi connectivity index (χ1n) is 4.82. The summed E-state index contributed by atoms with van der Waals surface area (Å²) in [5.74, 6) is 1.84. The first kappa shape index (κ1) is 11.8. The predicted molar refractivity (Wildman–Crippen MR) is 64.4 cm³/mol. The number of carbonyl (C=O) groups is 1. The molecule has 0 aromatic rings. The lowest BCUT2D eigenvalue weighted by atomic mass is 10.1. The van der Waals surface area contributed by atoms with E-state index in [1.807, 2.05) is 18.7 Å². The van der Waals surface area contributed by atoms with Crippen molar-refractivity contribution < 1.29 is 4.79 Å². The minimum atomic E-state index is -0.296. The summed E-state index contributed by atoms with van der Waals surface area (Å²) in [7, 11) is 0. The minimum absolute atomic E-state index is 0.00694. The fraction of sp³-hybridized carbons (Fsp3) is 0.778. The van der Waals surface area contributed by atoms with Crippen LogP contribution in [0, 0.1) is 5.92 Å². The van der Waals surface area contributed by atoms with Crippen LogP contribution in [0.5, 0.6) is 0 Å². The Hall–Kier alpha value is -0.290. The SMILES string of the molecule is CCC(C(=O)NC1CCSC1)C(N)=S. The van der Waals surface area contributed by atoms with Crippen LogP contribution in [0.1, 0.15) is 19.8 Å². The van der Waals surface area contributed by atoms with Gasteiger partial charge in [-0.1, -0.05) is 19.1 Å². The highest BCUT2D eigenvalue weighted by Crippen LogP contribution is 2.17. The van der Waals surface area contributed by atoms with Gasteiger partial charge in [0.1, 0.15) is 0 Å². The second-order valence-electron chi connectivity index (χ2n) is 3.43. The molecule has 3 nitrogen and oxygen atoms in total. The van der Waals surface area contributed by atoms with E-state index in [4.69, 9.17) is 18.0 Å². The van der Waals surface area contributed by atoms with Crippen molar-refractivity contribution in [2.24, 2.45) is 11.7 Å². The third-order valence-corrected chi connectivity index (χ3v) is 3.79. The number of hydrogen-bond acceptors (Lipinski definition) is 3. The van der Waals surface area contributed by atoms with Gasteiger partial charge in [-0.25, -0.2) is 0 Å². The molecule has 1 fully saturated rings. The van der Waals surface area contributed by atoms with E-state index >= 15 is 0 Å². The van der Waals surface area contributed by atoms with E-state index in [1.165, 1.54) is 0 Å². The molecule has 1 aliphatic rings. The Kier molecular flexibility index (Phi) is 4.68. The third kappa shape index (κ3) is 3.13. The van der Waals surface area contributed by atoms with Crippen LogP contribution < -0.4 is 11.1 Å². The standard InChI is InChI=1S/C9H16N2OS2/c1-2-7(8(10)13)9(12)11-6-3-4-14-5-6/h6-7H,2-5H2,1H3,(H2,10,13)(H,11,12). The zero-order chi connectivity index (χ0) is 10.6. The molecule has 2 atom stereocenters. The lowest BCUT2D eigenvalue weighted by Crippen LogP contribution is -2.42. The number of rotatable bonds is 4. The van der Waals surface area contributed by atoms with Gasteiger partial charge in [0.25, 0.3) is 0 Å². The Morgan fingerprint density at radius 3 is 2.93 bits per heavy atom. The molecule has 0 spiro atoms. The van der Waals surface area contributed by atoms with Crippen LogP contribution in [0.25, 0.3) is 0 Å². The molecule has 1 amide bonds. The molecule has 0 aromatic carbocycles. The highest BCUT2D eigenvalue weighted by molar-refractivity contribution is 7.99. The number of thioether (sulfide) groups is 1. The van der Waals surface area contributed by atoms with Gasteiger partial charge in [0.15, 0.2) is 0 Å². The van der Waals surface area contributed by atoms with Crippen molar-refractivity contribution in [3.8, 4) is 0 Å². The van der Waals surface area contributed by atoms with Gasteiger partial charge >= 0.3 is 0 Å². The van der Waals surface area contributed by atoms with E-state index in [1.54, 1.807) is 0 Å². The molecule has 0 aromatic heterocycles. The molecule has 2 unspecified atom stereocenters. The lowest BCUT2D eigenvalue weighted by Gasteiger charge is -2.16. The minimum Gasteiger partial charge on any atom is -0.393 e. The number of nitrogens with one attached hydrogen (secondary N) is 1. The van der Waals surface area contributed by atoms with Crippen LogP contribution in [-0.4, -0.2) is 28.4 Å². The van der Waals surface area contributed by atoms with Crippen molar-refractivity contribution >= 4 is 34.9 Å². The molecule has 0 saturated carbocycles. The van der Waals surface area contributed by atoms with Gasteiger partial charge in [-0.05, 0) is 18.6 Å². The number of amides is 1. The smallest absolute Gasteiger partial charge is 0.230 e. The largest absolute Gasteiger partial charge is 0.393 e. The lowest BCUT2D eigenvalue weighted by molar-refractivity contribution is -0.123. The summed E-state index contributed by atoms with van der Waals surface area (Å²) in [6, 6.07) is 0.316. The van der Waals surface area contributed by atoms with Crippen LogP contribution in [0.4, 0.5) is 0 Å². The molecule has 1 rings (SSSR count). The Labute approximate surface area is 94.2 Å². The fourth-order valence-corrected chi connectivity index (χ4v) is 2.89. The maximum Gasteiger partial charge on any atom is 0.230 e. The Morgan fingerprint density at radius 2 is 2.50 bits per heavy atom. The maximum absolute atomic E-state index is 11.7. The number of carbonyl (C=O) groups excluding carboxylic acids is 1. The van der Waals surface area contributed by atoms with Gasteiger partial charge in [-0.15, -0.1) is 0 Å². The van der Waals surface area contributed by atoms with Gasteiger partial charge < -0.3 is 11.1 Å². The summed E-state index contributed by atoms with van der Waals surface area (Å²) in [6.45, 7) is 1.92. The summed E-state index contributed by atoms with van der Waals surface area (Å²) >= 11 is 6.72. The van der Waals surface area contributed by atoms with Crippen LogP contribution in [-0.2, 0) is 4.79 Å². The summed E-state index contributed by atoms with van der Waals surface area (Å²) in [5, 5.41) is 2.98. The molecule has 3 N–H and O–H groups in total. The van der Waals surface area contributed by atoms with E-state index < -0.39 is 0 Å². The van der Waals surface area contributed by atoms with Crippen LogP contribution in [0.3, 0.4) is 0 Å². The number of thiocarbonyl (C=S) groups is 1. The van der Waals surface area contributed by atoms with Gasteiger partial charge in [-0.3, -0.25) is 4.79 Å². The van der Waals surface area contributed by atoms with Crippen molar-refractivity contribution in [2.45, 2.75) is 25.8 Å². The number of hydrogen-bond donors (Lipinski definition) is 2. The fourth-order valence-electron chi connectivity index (χ4n) is 1.47. The molecule has 5 heteroatoms. The average molecular weight is 232 g/mol. The van der Waals surface area contributed by atoms with E-state index in [-0.39, 0.29) is 11.8 Å². The van der Waals surface area contributed by atoms with Gasteiger partial charge in [-0.2, -0.15) is 11.8 Å². The average Bonchev–Trinajstić information content (AvgIpc) is 2.57. The zero-order valence-corrected chi connectivity index (χ0v) is 9.92. The van der Waals surface area contributed by atoms with Gasteiger partial charge in [0.2, 0.25) is 5.91 Å². The highest BCUT2D eigenvalue weighted by atomic mass is 32.2. The van der Waals surface area contributed by atoms with Crippen LogP contribution in [0.15, 0.2) is 0 Å². The number of nitrogens with two attached hydrogens (primary N) is 1. The first-order valence-corrected chi connectivity index (χ1v) is 6.39. The zero-order valence-electron chi connectivity index (χ0n) is 8.29. The van der Waals surface area contributed by atoms with E-state index in [0.29, 0.717) is 17.5 Å². The summed E-state index contributed by atoms with van der Waals surface area (Å²) in [5.41, 5.74) is 5.49. The molecular formula is C9H16N2OS2. The summed E-state index contributed by atoms with van der Waals surface area (Å²) < 4.78 is 0. The van der Waals surface area contributed by atoms with E-state index in [2.05, 4.69) is 5.32 Å². The molecule has 0 aliphatic carbocycles. The Balaban J connectivity index is 2.42. The maximum atomic E-state index is 11.7. The first-order chi connectivity index (χ1) is 6.65. The van der Waals surface area contributed by atoms with E-state index in [0.717, 1.165) is 17.9 Å². The van der Waals surface area contributed by atoms with Crippen molar-refractivity contribution in [3.63, 3.8) is 0 Å². The van der Waals surface area contributed by atoms with Crippen LogP contribution in [0.2, 0.25) is 0 Å². The normalized spacial score (nSPS) is 23.1. The molecule has 1 aliphatic heterocycles. The molecule has 0 radical (unpaired) electrons. The van der Waals surface area contributed by atoms with E-state index in [9.17, 15) is 4.79 Å². The third-order valence-electron chi connectivity index (χ3n) is 2.34. The highest BCUT2D eigenvalue weighted by Gasteiger charge is 2.23. The second kappa shape index (κ2) is 5.56. The Bertz CT molecular complexity index is 227. The topological polar surface area (TPSA) is 55.1 Å². The second-order valence-corrected chi connectivity index (χ2v) is 5.05. The van der Waals surface area contributed by atoms with Crippen molar-refractivity contribution in [2.75, 3.05) is 11.5 Å². The molecule has 0 bridgehead atoms. The van der Waals surface area contributed by atoms with Crippen molar-refractivity contribution in [1.82, 2.24) is 5.32 Å². The van der Waals surface area contributed by atoms with Gasteiger partial charge in [0, 0.05) is 11.8 Å². The van der Waals surface area contributed by atoms with Crippen molar-refractivity contribution in [3.05, 3.63) is 0 Å². The molecule has 1 saturated heterocycles. The van der Waals surface area contributed by atoms with Crippen molar-refractivity contribution in [1.29, 1.82) is 0 Å². The summed E-state index contributed by atoms with van der Waals surface area (Å²) in [4.78, 5) is 12.0. The Morgan fingerprint density at radius 1 is 1.79 bits per heavy atom.